The minimum absolute atomic E-state index is 0.0122. The second-order valence-corrected chi connectivity index (χ2v) is 7.68. The topological polar surface area (TPSA) is 69.7 Å². The van der Waals surface area contributed by atoms with Gasteiger partial charge in [0.05, 0.1) is 15.5 Å². The lowest BCUT2D eigenvalue weighted by Gasteiger charge is -2.09. The number of ether oxygens (including phenoxy) is 2. The van der Waals surface area contributed by atoms with Crippen LogP contribution in [0.4, 0.5) is 0 Å². The van der Waals surface area contributed by atoms with Crippen molar-refractivity contribution in [2.45, 2.75) is 4.90 Å². The Labute approximate surface area is 150 Å². The molecule has 2 aromatic carbocycles. The molecule has 0 radical (unpaired) electrons. The van der Waals surface area contributed by atoms with E-state index in [1.807, 2.05) is 0 Å². The molecule has 0 N–H and O–H groups in total. The lowest BCUT2D eigenvalue weighted by molar-refractivity contribution is 0.0450. The molecule has 8 heteroatoms. The zero-order valence-electron chi connectivity index (χ0n) is 12.7. The summed E-state index contributed by atoms with van der Waals surface area (Å²) in [6, 6.07) is 10.7. The van der Waals surface area contributed by atoms with E-state index in [2.05, 4.69) is 0 Å². The van der Waals surface area contributed by atoms with Gasteiger partial charge >= 0.3 is 5.97 Å². The maximum absolute atomic E-state index is 12.0. The van der Waals surface area contributed by atoms with Gasteiger partial charge in [-0.05, 0) is 42.5 Å². The fraction of sp³-hybridized carbons (Fsp3) is 0.188. The highest BCUT2D eigenvalue weighted by molar-refractivity contribution is 7.90. The first-order valence-corrected chi connectivity index (χ1v) is 9.47. The van der Waals surface area contributed by atoms with Crippen LogP contribution in [0.15, 0.2) is 47.4 Å². The molecule has 0 aliphatic carbocycles. The van der Waals surface area contributed by atoms with E-state index in [4.69, 9.17) is 32.7 Å². The Morgan fingerprint density at radius 3 is 2.33 bits per heavy atom. The largest absolute Gasteiger partial charge is 0.490 e. The summed E-state index contributed by atoms with van der Waals surface area (Å²) in [6.07, 6.45) is 1.02. The first-order chi connectivity index (χ1) is 11.3. The van der Waals surface area contributed by atoms with Gasteiger partial charge in [0.1, 0.15) is 19.0 Å². The molecule has 0 saturated carbocycles. The van der Waals surface area contributed by atoms with Gasteiger partial charge in [0.25, 0.3) is 0 Å². The number of carbonyl (C=O) groups is 1. The van der Waals surface area contributed by atoms with Gasteiger partial charge in [0.2, 0.25) is 0 Å². The molecule has 0 unspecified atom stereocenters. The summed E-state index contributed by atoms with van der Waals surface area (Å²) in [4.78, 5) is 11.8. The Balaban J connectivity index is 1.92. The van der Waals surface area contributed by atoms with Crippen LogP contribution in [0.25, 0.3) is 0 Å². The van der Waals surface area contributed by atoms with E-state index in [-0.39, 0.29) is 28.7 Å². The molecule has 0 saturated heterocycles. The first-order valence-electron chi connectivity index (χ1n) is 6.82. The third-order valence-electron chi connectivity index (χ3n) is 2.97. The second-order valence-electron chi connectivity index (χ2n) is 4.86. The van der Waals surface area contributed by atoms with Crippen molar-refractivity contribution < 1.29 is 22.7 Å². The third-order valence-corrected chi connectivity index (χ3v) is 4.80. The number of carbonyl (C=O) groups excluding carboxylic acids is 1. The molecule has 0 bridgehead atoms. The van der Waals surface area contributed by atoms with Gasteiger partial charge in [0, 0.05) is 11.3 Å². The van der Waals surface area contributed by atoms with Gasteiger partial charge < -0.3 is 9.47 Å². The average Bonchev–Trinajstić information content (AvgIpc) is 2.52. The van der Waals surface area contributed by atoms with Crippen molar-refractivity contribution in [1.82, 2.24) is 0 Å². The van der Waals surface area contributed by atoms with Crippen molar-refractivity contribution in [3.05, 3.63) is 58.1 Å². The van der Waals surface area contributed by atoms with E-state index in [1.54, 1.807) is 24.3 Å². The lowest BCUT2D eigenvalue weighted by Crippen LogP contribution is -2.13. The summed E-state index contributed by atoms with van der Waals surface area (Å²) >= 11 is 11.6. The van der Waals surface area contributed by atoms with E-state index >= 15 is 0 Å². The molecule has 0 heterocycles. The number of rotatable bonds is 6. The quantitative estimate of drug-likeness (QED) is 0.558. The Morgan fingerprint density at radius 2 is 1.71 bits per heavy atom. The van der Waals surface area contributed by atoms with Crippen LogP contribution in [0.1, 0.15) is 10.4 Å². The van der Waals surface area contributed by atoms with Crippen molar-refractivity contribution in [3.63, 3.8) is 0 Å². The van der Waals surface area contributed by atoms with E-state index in [0.29, 0.717) is 10.8 Å². The van der Waals surface area contributed by atoms with Gasteiger partial charge in [-0.2, -0.15) is 0 Å². The van der Waals surface area contributed by atoms with Crippen molar-refractivity contribution >= 4 is 39.0 Å². The van der Waals surface area contributed by atoms with Crippen LogP contribution in [-0.4, -0.2) is 33.9 Å². The van der Waals surface area contributed by atoms with Gasteiger partial charge in [0.15, 0.2) is 9.84 Å². The zero-order chi connectivity index (χ0) is 17.7. The molecule has 5 nitrogen and oxygen atoms in total. The summed E-state index contributed by atoms with van der Waals surface area (Å²) in [7, 11) is -3.53. The van der Waals surface area contributed by atoms with Gasteiger partial charge in [-0.25, -0.2) is 13.2 Å². The SMILES string of the molecule is CS(=O)(=O)c1cc(C(=O)OCCOc2ccc(Cl)cc2)ccc1Cl. The fourth-order valence-electron chi connectivity index (χ4n) is 1.82. The maximum atomic E-state index is 12.0. The Bertz CT molecular complexity index is 832. The number of halogens is 2. The Kier molecular flexibility index (Phi) is 6.10. The van der Waals surface area contributed by atoms with Crippen molar-refractivity contribution in [2.24, 2.45) is 0 Å². The molecule has 0 fully saturated rings. The van der Waals surface area contributed by atoms with Gasteiger partial charge in [-0.1, -0.05) is 23.2 Å². The minimum Gasteiger partial charge on any atom is -0.490 e. The van der Waals surface area contributed by atoms with E-state index in [0.717, 1.165) is 6.26 Å². The fourth-order valence-corrected chi connectivity index (χ4v) is 3.25. The predicted octanol–water partition coefficient (Wildman–Crippen LogP) is 3.63. The highest BCUT2D eigenvalue weighted by atomic mass is 35.5. The number of benzene rings is 2. The number of sulfone groups is 1. The number of hydrogen-bond acceptors (Lipinski definition) is 5. The molecule has 0 aromatic heterocycles. The van der Waals surface area contributed by atoms with Crippen LogP contribution in [0, 0.1) is 0 Å². The summed E-state index contributed by atoms with van der Waals surface area (Å²) in [5.74, 6) is -0.0578. The van der Waals surface area contributed by atoms with Crippen LogP contribution in [0.2, 0.25) is 10.0 Å². The first kappa shape index (κ1) is 18.6. The molecule has 0 aliphatic heterocycles. The summed E-state index contributed by atoms with van der Waals surface area (Å²) in [5.41, 5.74) is 0.103. The number of hydrogen-bond donors (Lipinski definition) is 0. The highest BCUT2D eigenvalue weighted by Gasteiger charge is 2.16. The van der Waals surface area contributed by atoms with Crippen LogP contribution in [-0.2, 0) is 14.6 Å². The van der Waals surface area contributed by atoms with Crippen LogP contribution < -0.4 is 4.74 Å². The smallest absolute Gasteiger partial charge is 0.338 e. The Morgan fingerprint density at radius 1 is 1.04 bits per heavy atom. The molecular formula is C16H14Cl2O5S. The van der Waals surface area contributed by atoms with Crippen LogP contribution in [0.3, 0.4) is 0 Å². The molecular weight excluding hydrogens is 375 g/mol. The molecule has 0 aliphatic rings. The summed E-state index contributed by atoms with van der Waals surface area (Å²) in [5, 5.41) is 0.651. The summed E-state index contributed by atoms with van der Waals surface area (Å²) in [6.45, 7) is 0.165. The van der Waals surface area contributed by atoms with Crippen LogP contribution >= 0.6 is 23.2 Å². The van der Waals surface area contributed by atoms with Crippen molar-refractivity contribution in [2.75, 3.05) is 19.5 Å². The molecule has 0 spiro atoms. The van der Waals surface area contributed by atoms with Crippen molar-refractivity contribution in [3.8, 4) is 5.75 Å². The summed E-state index contributed by atoms with van der Waals surface area (Å²) < 4.78 is 33.7. The monoisotopic (exact) mass is 388 g/mol. The van der Waals surface area contributed by atoms with Gasteiger partial charge in [-0.3, -0.25) is 0 Å². The average molecular weight is 389 g/mol. The molecule has 128 valence electrons. The molecule has 24 heavy (non-hydrogen) atoms. The Hall–Kier alpha value is -1.76. The zero-order valence-corrected chi connectivity index (χ0v) is 15.0. The molecule has 2 aromatic rings. The normalized spacial score (nSPS) is 11.1. The predicted molar refractivity (Wildman–Crippen MR) is 91.8 cm³/mol. The highest BCUT2D eigenvalue weighted by Crippen LogP contribution is 2.23. The molecule has 2 rings (SSSR count). The molecule has 0 atom stereocenters. The van der Waals surface area contributed by atoms with Gasteiger partial charge in [-0.15, -0.1) is 0 Å². The van der Waals surface area contributed by atoms with E-state index in [1.165, 1.54) is 18.2 Å². The maximum Gasteiger partial charge on any atom is 0.338 e. The lowest BCUT2D eigenvalue weighted by atomic mass is 10.2. The minimum atomic E-state index is -3.53. The van der Waals surface area contributed by atoms with Crippen LogP contribution in [0.5, 0.6) is 5.75 Å². The van der Waals surface area contributed by atoms with Crippen molar-refractivity contribution in [1.29, 1.82) is 0 Å². The third kappa shape index (κ3) is 5.12. The molecule has 0 amide bonds. The number of esters is 1. The second kappa shape index (κ2) is 7.88. The standard InChI is InChI=1S/C16H14Cl2O5S/c1-24(20,21)15-10-11(2-7-14(15)18)16(19)23-9-8-22-13-5-3-12(17)4-6-13/h2-7,10H,8-9H2,1H3. The van der Waals surface area contributed by atoms with E-state index in [9.17, 15) is 13.2 Å². The van der Waals surface area contributed by atoms with E-state index < -0.39 is 15.8 Å².